The molecule has 0 atom stereocenters. The Kier molecular flexibility index (Phi) is 4.87. The quantitative estimate of drug-likeness (QED) is 0.747. The lowest BCUT2D eigenvalue weighted by atomic mass is 10.2. The van der Waals surface area contributed by atoms with E-state index in [1.165, 1.54) is 6.20 Å². The van der Waals surface area contributed by atoms with Gasteiger partial charge in [0.15, 0.2) is 0 Å². The molecule has 3 aromatic rings. The summed E-state index contributed by atoms with van der Waals surface area (Å²) in [6, 6.07) is 7.47. The van der Waals surface area contributed by atoms with Gasteiger partial charge in [-0.15, -0.1) is 0 Å². The van der Waals surface area contributed by atoms with Crippen LogP contribution in [0.2, 0.25) is 0 Å². The third kappa shape index (κ3) is 3.63. The summed E-state index contributed by atoms with van der Waals surface area (Å²) in [6.45, 7) is 7.54. The fraction of sp³-hybridized carbons (Fsp3) is 0.350. The van der Waals surface area contributed by atoms with Crippen LogP contribution in [0.4, 0.5) is 11.6 Å². The van der Waals surface area contributed by atoms with Crippen molar-refractivity contribution in [3.8, 4) is 0 Å². The average molecular weight is 377 g/mol. The molecule has 0 aliphatic carbocycles. The number of fused-ring (bicyclic) bond motifs is 1. The second kappa shape index (κ2) is 7.47. The molecule has 144 valence electrons. The summed E-state index contributed by atoms with van der Waals surface area (Å²) in [5.74, 6) is 0.395. The van der Waals surface area contributed by atoms with Crippen LogP contribution in [0.3, 0.4) is 0 Å². The Bertz CT molecular complexity index is 1000. The molecule has 2 aromatic heterocycles. The molecule has 1 aliphatic rings. The third-order valence-electron chi connectivity index (χ3n) is 4.96. The molecule has 8 nitrogen and oxygen atoms in total. The average Bonchev–Trinajstić information content (AvgIpc) is 2.70. The molecule has 1 aliphatic heterocycles. The number of hydrogen-bond donors (Lipinski definition) is 1. The smallest absolute Gasteiger partial charge is 0.275 e. The monoisotopic (exact) mass is 377 g/mol. The molecule has 8 heteroatoms. The first-order valence-electron chi connectivity index (χ1n) is 9.33. The van der Waals surface area contributed by atoms with Crippen LogP contribution in [-0.4, -0.2) is 64.0 Å². The van der Waals surface area contributed by atoms with Crippen molar-refractivity contribution < 1.29 is 4.79 Å². The molecule has 0 bridgehead atoms. The molecule has 4 rings (SSSR count). The zero-order valence-corrected chi connectivity index (χ0v) is 16.3. The van der Waals surface area contributed by atoms with E-state index >= 15 is 0 Å². The van der Waals surface area contributed by atoms with E-state index in [2.05, 4.69) is 42.1 Å². The topological polar surface area (TPSA) is 87.1 Å². The van der Waals surface area contributed by atoms with E-state index in [1.54, 1.807) is 0 Å². The van der Waals surface area contributed by atoms with E-state index in [9.17, 15) is 4.79 Å². The number of benzene rings is 1. The highest BCUT2D eigenvalue weighted by Crippen LogP contribution is 2.22. The van der Waals surface area contributed by atoms with Crippen molar-refractivity contribution in [2.45, 2.75) is 13.8 Å². The predicted molar refractivity (Wildman–Crippen MR) is 109 cm³/mol. The third-order valence-corrected chi connectivity index (χ3v) is 4.96. The van der Waals surface area contributed by atoms with Gasteiger partial charge in [0.05, 0.1) is 34.3 Å². The lowest BCUT2D eigenvalue weighted by molar-refractivity contribution is 0.102. The highest BCUT2D eigenvalue weighted by molar-refractivity contribution is 6.04. The Hall–Kier alpha value is -3.13. The first-order valence-corrected chi connectivity index (χ1v) is 9.33. The van der Waals surface area contributed by atoms with E-state index in [0.29, 0.717) is 17.2 Å². The molecule has 1 fully saturated rings. The second-order valence-corrected chi connectivity index (χ2v) is 7.06. The molecule has 1 aromatic carbocycles. The number of anilines is 2. The number of carbonyl (C=O) groups is 1. The van der Waals surface area contributed by atoms with Crippen molar-refractivity contribution in [3.63, 3.8) is 0 Å². The standard InChI is InChI=1S/C20H23N7O/c1-13-18(14(2)23-20(22-13)27-10-8-26(3)9-11-27)25-19(28)17-12-21-15-6-4-5-7-16(15)24-17/h4-7,12H,8-11H2,1-3H3,(H,25,28). The number of carbonyl (C=O) groups excluding carboxylic acids is 1. The Morgan fingerprint density at radius 1 is 0.964 bits per heavy atom. The molecule has 1 saturated heterocycles. The lowest BCUT2D eigenvalue weighted by Crippen LogP contribution is -2.45. The van der Waals surface area contributed by atoms with Crippen molar-refractivity contribution >= 4 is 28.6 Å². The van der Waals surface area contributed by atoms with E-state index in [4.69, 9.17) is 0 Å². The minimum atomic E-state index is -0.319. The van der Waals surface area contributed by atoms with E-state index in [1.807, 2.05) is 38.1 Å². The zero-order valence-electron chi connectivity index (χ0n) is 16.3. The molecule has 3 heterocycles. The molecule has 0 radical (unpaired) electrons. The Labute approximate surface area is 163 Å². The normalized spacial score (nSPS) is 15.0. The first kappa shape index (κ1) is 18.2. The molecule has 1 N–H and O–H groups in total. The maximum atomic E-state index is 12.7. The van der Waals surface area contributed by atoms with Crippen LogP contribution in [0, 0.1) is 13.8 Å². The Morgan fingerprint density at radius 2 is 1.61 bits per heavy atom. The maximum absolute atomic E-state index is 12.7. The van der Waals surface area contributed by atoms with Gasteiger partial charge < -0.3 is 15.1 Å². The molecule has 28 heavy (non-hydrogen) atoms. The number of nitrogens with zero attached hydrogens (tertiary/aromatic N) is 6. The van der Waals surface area contributed by atoms with Gasteiger partial charge >= 0.3 is 0 Å². The minimum Gasteiger partial charge on any atom is -0.338 e. The number of piperazine rings is 1. The largest absolute Gasteiger partial charge is 0.338 e. The Balaban J connectivity index is 1.56. The number of para-hydroxylation sites is 2. The van der Waals surface area contributed by atoms with Gasteiger partial charge in [-0.05, 0) is 33.0 Å². The van der Waals surface area contributed by atoms with Crippen LogP contribution in [0.25, 0.3) is 11.0 Å². The van der Waals surface area contributed by atoms with Crippen molar-refractivity contribution in [1.82, 2.24) is 24.8 Å². The van der Waals surface area contributed by atoms with E-state index in [-0.39, 0.29) is 11.6 Å². The highest BCUT2D eigenvalue weighted by atomic mass is 16.1. The summed E-state index contributed by atoms with van der Waals surface area (Å²) in [5, 5.41) is 2.90. The van der Waals surface area contributed by atoms with Gasteiger partial charge in [-0.3, -0.25) is 9.78 Å². The summed E-state index contributed by atoms with van der Waals surface area (Å²) in [7, 11) is 2.11. The molecule has 1 amide bonds. The minimum absolute atomic E-state index is 0.264. The van der Waals surface area contributed by atoms with Gasteiger partial charge in [-0.1, -0.05) is 12.1 Å². The number of rotatable bonds is 3. The van der Waals surface area contributed by atoms with Crippen molar-refractivity contribution in [1.29, 1.82) is 0 Å². The second-order valence-electron chi connectivity index (χ2n) is 7.06. The van der Waals surface area contributed by atoms with Gasteiger partial charge in [0.25, 0.3) is 5.91 Å². The number of likely N-dealkylation sites (N-methyl/N-ethyl adjacent to an activating group) is 1. The highest BCUT2D eigenvalue weighted by Gasteiger charge is 2.20. The van der Waals surface area contributed by atoms with Crippen LogP contribution in [-0.2, 0) is 0 Å². The fourth-order valence-electron chi connectivity index (χ4n) is 3.27. The van der Waals surface area contributed by atoms with Crippen molar-refractivity contribution in [2.24, 2.45) is 0 Å². The van der Waals surface area contributed by atoms with Gasteiger partial charge in [0.1, 0.15) is 5.69 Å². The fourth-order valence-corrected chi connectivity index (χ4v) is 3.27. The molecule has 0 unspecified atom stereocenters. The predicted octanol–water partition coefficient (Wildman–Crippen LogP) is 2.04. The first-order chi connectivity index (χ1) is 13.5. The number of nitrogens with one attached hydrogen (secondary N) is 1. The van der Waals surface area contributed by atoms with Gasteiger partial charge in [-0.2, -0.15) is 0 Å². The lowest BCUT2D eigenvalue weighted by Gasteiger charge is -2.32. The number of aryl methyl sites for hydroxylation is 2. The summed E-state index contributed by atoms with van der Waals surface area (Å²) in [5.41, 5.74) is 3.81. The van der Waals surface area contributed by atoms with Gasteiger partial charge in [0.2, 0.25) is 5.95 Å². The summed E-state index contributed by atoms with van der Waals surface area (Å²) < 4.78 is 0. The summed E-state index contributed by atoms with van der Waals surface area (Å²) in [6.07, 6.45) is 1.49. The number of aromatic nitrogens is 4. The van der Waals surface area contributed by atoms with Crippen LogP contribution in [0.1, 0.15) is 21.9 Å². The number of hydrogen-bond acceptors (Lipinski definition) is 7. The van der Waals surface area contributed by atoms with E-state index < -0.39 is 0 Å². The number of amides is 1. The van der Waals surface area contributed by atoms with Crippen LogP contribution >= 0.6 is 0 Å². The van der Waals surface area contributed by atoms with Gasteiger partial charge in [-0.25, -0.2) is 15.0 Å². The summed E-state index contributed by atoms with van der Waals surface area (Å²) >= 11 is 0. The molecule has 0 spiro atoms. The summed E-state index contributed by atoms with van der Waals surface area (Å²) in [4.78, 5) is 35.1. The SMILES string of the molecule is Cc1nc(N2CCN(C)CC2)nc(C)c1NC(=O)c1cnc2ccccc2n1. The zero-order chi connectivity index (χ0) is 19.7. The maximum Gasteiger partial charge on any atom is 0.275 e. The van der Waals surface area contributed by atoms with Gasteiger partial charge in [0, 0.05) is 26.2 Å². The van der Waals surface area contributed by atoms with Crippen LogP contribution in [0.5, 0.6) is 0 Å². The molecule has 0 saturated carbocycles. The molecular weight excluding hydrogens is 354 g/mol. The van der Waals surface area contributed by atoms with Crippen molar-refractivity contribution in [2.75, 3.05) is 43.4 Å². The van der Waals surface area contributed by atoms with Crippen LogP contribution in [0.15, 0.2) is 30.5 Å². The van der Waals surface area contributed by atoms with Crippen molar-refractivity contribution in [3.05, 3.63) is 47.5 Å². The molecular formula is C20H23N7O. The van der Waals surface area contributed by atoms with Crippen LogP contribution < -0.4 is 10.2 Å². The Morgan fingerprint density at radius 3 is 2.29 bits per heavy atom. The van der Waals surface area contributed by atoms with E-state index in [0.717, 1.165) is 43.1 Å².